The molecule has 1 aromatic carbocycles. The van der Waals surface area contributed by atoms with Crippen LogP contribution in [0.2, 0.25) is 0 Å². The molecule has 2 aromatic rings. The van der Waals surface area contributed by atoms with Gasteiger partial charge in [-0.15, -0.1) is 0 Å². The fourth-order valence-corrected chi connectivity index (χ4v) is 3.35. The summed E-state index contributed by atoms with van der Waals surface area (Å²) < 4.78 is 6.41. The van der Waals surface area contributed by atoms with Crippen LogP contribution in [-0.4, -0.2) is 25.2 Å². The predicted octanol–water partition coefficient (Wildman–Crippen LogP) is 3.32. The average molecular weight is 289 g/mol. The molecule has 0 atom stereocenters. The van der Waals surface area contributed by atoms with Crippen LogP contribution in [0.5, 0.6) is 0 Å². The zero-order valence-electron chi connectivity index (χ0n) is 11.8. The van der Waals surface area contributed by atoms with Gasteiger partial charge in [-0.05, 0) is 24.1 Å². The molecule has 3 rings (SSSR count). The number of fused-ring (bicyclic) bond motifs is 1. The molecule has 0 bridgehead atoms. The lowest BCUT2D eigenvalue weighted by Gasteiger charge is -2.16. The molecule has 1 aliphatic heterocycles. The molecular formula is C15H19N3OS. The molecule has 20 heavy (non-hydrogen) atoms. The van der Waals surface area contributed by atoms with Crippen LogP contribution in [0.15, 0.2) is 35.5 Å². The van der Waals surface area contributed by atoms with E-state index in [9.17, 15) is 0 Å². The summed E-state index contributed by atoms with van der Waals surface area (Å²) in [6.45, 7) is 3.86. The second kappa shape index (κ2) is 5.81. The van der Waals surface area contributed by atoms with Crippen LogP contribution >= 0.6 is 11.3 Å². The lowest BCUT2D eigenvalue weighted by atomic mass is 10.1. The Bertz CT molecular complexity index is 602. The standard InChI is InChI=1S/C15H19N3OS/c1-3-11-10-18(17-12(11)8-9-19-2)15-16-13-6-4-5-7-14(13)20-15/h4-7,17H,3,8-10H2,1-2H3. The zero-order chi connectivity index (χ0) is 13.9. The number of hydrazine groups is 1. The highest BCUT2D eigenvalue weighted by molar-refractivity contribution is 7.22. The van der Waals surface area contributed by atoms with Gasteiger partial charge >= 0.3 is 0 Å². The predicted molar refractivity (Wildman–Crippen MR) is 83.9 cm³/mol. The van der Waals surface area contributed by atoms with Crippen LogP contribution in [0, 0.1) is 0 Å². The lowest BCUT2D eigenvalue weighted by Crippen LogP contribution is -2.32. The SMILES string of the molecule is CCC1=C(CCOC)NN(c2nc3ccccc3s2)C1. The fraction of sp³-hybridized carbons (Fsp3) is 0.400. The van der Waals surface area contributed by atoms with E-state index in [1.165, 1.54) is 16.0 Å². The Kier molecular flexibility index (Phi) is 3.89. The van der Waals surface area contributed by atoms with E-state index in [1.807, 2.05) is 6.07 Å². The van der Waals surface area contributed by atoms with E-state index < -0.39 is 0 Å². The van der Waals surface area contributed by atoms with E-state index in [2.05, 4.69) is 35.6 Å². The Hall–Kier alpha value is -1.59. The molecular weight excluding hydrogens is 270 g/mol. The van der Waals surface area contributed by atoms with Crippen molar-refractivity contribution in [1.82, 2.24) is 10.4 Å². The van der Waals surface area contributed by atoms with Crippen molar-refractivity contribution in [2.45, 2.75) is 19.8 Å². The second-order valence-electron chi connectivity index (χ2n) is 4.84. The largest absolute Gasteiger partial charge is 0.384 e. The van der Waals surface area contributed by atoms with E-state index >= 15 is 0 Å². The van der Waals surface area contributed by atoms with Gasteiger partial charge in [-0.1, -0.05) is 30.4 Å². The maximum Gasteiger partial charge on any atom is 0.205 e. The fourth-order valence-electron chi connectivity index (χ4n) is 2.42. The van der Waals surface area contributed by atoms with Gasteiger partial charge in [-0.25, -0.2) is 4.98 Å². The molecule has 5 heteroatoms. The summed E-state index contributed by atoms with van der Waals surface area (Å²) in [4.78, 5) is 4.70. The van der Waals surface area contributed by atoms with Gasteiger partial charge in [-0.3, -0.25) is 5.01 Å². The maximum absolute atomic E-state index is 5.18. The number of rotatable bonds is 5. The van der Waals surface area contributed by atoms with Gasteiger partial charge in [0.1, 0.15) is 0 Å². The third kappa shape index (κ3) is 2.51. The second-order valence-corrected chi connectivity index (χ2v) is 5.85. The number of aromatic nitrogens is 1. The average Bonchev–Trinajstić information content (AvgIpc) is 3.08. The van der Waals surface area contributed by atoms with Crippen molar-refractivity contribution in [2.24, 2.45) is 0 Å². The van der Waals surface area contributed by atoms with Crippen LogP contribution in [0.25, 0.3) is 10.2 Å². The number of nitrogens with zero attached hydrogens (tertiary/aromatic N) is 2. The molecule has 0 radical (unpaired) electrons. The highest BCUT2D eigenvalue weighted by Crippen LogP contribution is 2.31. The van der Waals surface area contributed by atoms with Crippen LogP contribution in [0.3, 0.4) is 0 Å². The number of hydrogen-bond donors (Lipinski definition) is 1. The van der Waals surface area contributed by atoms with Gasteiger partial charge in [0, 0.05) is 19.2 Å². The summed E-state index contributed by atoms with van der Waals surface area (Å²) in [5.41, 5.74) is 7.28. The molecule has 0 aliphatic carbocycles. The Labute approximate surface area is 123 Å². The number of nitrogens with one attached hydrogen (secondary N) is 1. The molecule has 1 aromatic heterocycles. The Morgan fingerprint density at radius 2 is 2.25 bits per heavy atom. The Morgan fingerprint density at radius 1 is 1.40 bits per heavy atom. The molecule has 106 valence electrons. The Morgan fingerprint density at radius 3 is 3.00 bits per heavy atom. The summed E-state index contributed by atoms with van der Waals surface area (Å²) >= 11 is 1.73. The molecule has 1 aliphatic rings. The number of benzene rings is 1. The molecule has 1 N–H and O–H groups in total. The van der Waals surface area contributed by atoms with Gasteiger partial charge in [0.15, 0.2) is 0 Å². The topological polar surface area (TPSA) is 37.4 Å². The quantitative estimate of drug-likeness (QED) is 0.916. The van der Waals surface area contributed by atoms with Crippen LogP contribution in [-0.2, 0) is 4.74 Å². The van der Waals surface area contributed by atoms with Crippen LogP contribution in [0.4, 0.5) is 5.13 Å². The van der Waals surface area contributed by atoms with Gasteiger partial charge < -0.3 is 10.2 Å². The minimum absolute atomic E-state index is 0.750. The minimum atomic E-state index is 0.750. The van der Waals surface area contributed by atoms with Crippen molar-refractivity contribution in [2.75, 3.05) is 25.3 Å². The molecule has 0 saturated carbocycles. The first-order valence-electron chi connectivity index (χ1n) is 6.91. The van der Waals surface area contributed by atoms with Gasteiger partial charge in [-0.2, -0.15) is 0 Å². The van der Waals surface area contributed by atoms with Crippen LogP contribution in [0.1, 0.15) is 19.8 Å². The van der Waals surface area contributed by atoms with E-state index in [0.29, 0.717) is 0 Å². The van der Waals surface area contributed by atoms with Crippen LogP contribution < -0.4 is 10.4 Å². The zero-order valence-corrected chi connectivity index (χ0v) is 12.7. The van der Waals surface area contributed by atoms with E-state index in [1.54, 1.807) is 18.4 Å². The number of anilines is 1. The van der Waals surface area contributed by atoms with Crippen molar-refractivity contribution in [1.29, 1.82) is 0 Å². The number of para-hydroxylation sites is 1. The highest BCUT2D eigenvalue weighted by Gasteiger charge is 2.22. The van der Waals surface area contributed by atoms with Crippen molar-refractivity contribution in [3.05, 3.63) is 35.5 Å². The summed E-state index contributed by atoms with van der Waals surface area (Å²) in [5.74, 6) is 0. The molecule has 4 nitrogen and oxygen atoms in total. The van der Waals surface area contributed by atoms with E-state index in [4.69, 9.17) is 9.72 Å². The number of hydrogen-bond acceptors (Lipinski definition) is 5. The number of ether oxygens (including phenoxy) is 1. The molecule has 2 heterocycles. The van der Waals surface area contributed by atoms with Crippen molar-refractivity contribution in [3.8, 4) is 0 Å². The lowest BCUT2D eigenvalue weighted by molar-refractivity contribution is 0.200. The minimum Gasteiger partial charge on any atom is -0.384 e. The molecule has 0 amide bonds. The molecule has 0 spiro atoms. The third-order valence-corrected chi connectivity index (χ3v) is 4.60. The normalized spacial score (nSPS) is 15.2. The number of thiazole rings is 1. The third-order valence-electron chi connectivity index (χ3n) is 3.54. The maximum atomic E-state index is 5.18. The summed E-state index contributed by atoms with van der Waals surface area (Å²) in [6.07, 6.45) is 1.99. The van der Waals surface area contributed by atoms with Gasteiger partial charge in [0.05, 0.1) is 23.4 Å². The van der Waals surface area contributed by atoms with E-state index in [0.717, 1.165) is 36.6 Å². The summed E-state index contributed by atoms with van der Waals surface area (Å²) in [6, 6.07) is 8.27. The van der Waals surface area contributed by atoms with E-state index in [-0.39, 0.29) is 0 Å². The smallest absolute Gasteiger partial charge is 0.205 e. The first kappa shape index (κ1) is 13.4. The van der Waals surface area contributed by atoms with Crippen molar-refractivity contribution >= 4 is 26.7 Å². The van der Waals surface area contributed by atoms with Gasteiger partial charge in [0.25, 0.3) is 0 Å². The monoisotopic (exact) mass is 289 g/mol. The first-order chi connectivity index (χ1) is 9.81. The van der Waals surface area contributed by atoms with Crippen molar-refractivity contribution < 1.29 is 4.74 Å². The summed E-state index contributed by atoms with van der Waals surface area (Å²) in [5, 5.41) is 3.18. The van der Waals surface area contributed by atoms with Crippen molar-refractivity contribution in [3.63, 3.8) is 0 Å². The molecule has 0 fully saturated rings. The molecule has 0 unspecified atom stereocenters. The van der Waals surface area contributed by atoms with Gasteiger partial charge in [0.2, 0.25) is 5.13 Å². The first-order valence-corrected chi connectivity index (χ1v) is 7.73. The highest BCUT2D eigenvalue weighted by atomic mass is 32.1. The number of methoxy groups -OCH3 is 1. The molecule has 0 saturated heterocycles. The Balaban J connectivity index is 1.79. The summed E-state index contributed by atoms with van der Waals surface area (Å²) in [7, 11) is 1.74.